The van der Waals surface area contributed by atoms with E-state index in [1.54, 1.807) is 13.0 Å². The predicted octanol–water partition coefficient (Wildman–Crippen LogP) is 2.08. The second-order valence-electron chi connectivity index (χ2n) is 3.12. The molecule has 96 valence electrons. The lowest BCUT2D eigenvalue weighted by Gasteiger charge is -2.10. The van der Waals surface area contributed by atoms with Crippen LogP contribution in [-0.4, -0.2) is 24.7 Å². The molecule has 0 aliphatic rings. The first kappa shape index (κ1) is 13.8. The number of alkyl halides is 2. The van der Waals surface area contributed by atoms with E-state index in [1.807, 2.05) is 0 Å². The highest BCUT2D eigenvalue weighted by Crippen LogP contribution is 2.27. The Morgan fingerprint density at radius 2 is 2.28 bits per heavy atom. The number of methoxy groups -OCH3 is 1. The first-order valence-electron chi connectivity index (χ1n) is 4.99. The van der Waals surface area contributed by atoms with Gasteiger partial charge in [-0.15, -0.1) is 0 Å². The zero-order valence-electron chi connectivity index (χ0n) is 9.74. The molecule has 1 aromatic rings. The quantitative estimate of drug-likeness (QED) is 0.771. The van der Waals surface area contributed by atoms with Crippen LogP contribution in [0, 0.1) is 11.3 Å². The number of aromatic nitrogens is 1. The normalized spacial score (nSPS) is 10.0. The number of rotatable bonds is 4. The van der Waals surface area contributed by atoms with E-state index < -0.39 is 23.7 Å². The van der Waals surface area contributed by atoms with Gasteiger partial charge in [0.15, 0.2) is 5.69 Å². The number of nitrogens with zero attached hydrogens (tertiary/aromatic N) is 2. The highest BCUT2D eigenvalue weighted by molar-refractivity contribution is 5.89. The van der Waals surface area contributed by atoms with Crippen molar-refractivity contribution >= 4 is 5.97 Å². The Labute approximate surface area is 102 Å². The summed E-state index contributed by atoms with van der Waals surface area (Å²) in [6.45, 7) is 1.58. The molecule has 18 heavy (non-hydrogen) atoms. The zero-order chi connectivity index (χ0) is 13.7. The largest absolute Gasteiger partial charge is 0.480 e. The van der Waals surface area contributed by atoms with Crippen molar-refractivity contribution in [3.8, 4) is 11.9 Å². The summed E-state index contributed by atoms with van der Waals surface area (Å²) in [5, 5.41) is 8.76. The first-order chi connectivity index (χ1) is 8.54. The Morgan fingerprint density at radius 1 is 1.61 bits per heavy atom. The average molecular weight is 256 g/mol. The topological polar surface area (TPSA) is 72.2 Å². The molecule has 0 aromatic carbocycles. The fourth-order valence-corrected chi connectivity index (χ4v) is 1.28. The monoisotopic (exact) mass is 256 g/mol. The predicted molar refractivity (Wildman–Crippen MR) is 56.4 cm³/mol. The minimum absolute atomic E-state index is 0.0332. The van der Waals surface area contributed by atoms with Crippen molar-refractivity contribution in [2.24, 2.45) is 0 Å². The van der Waals surface area contributed by atoms with Crippen molar-refractivity contribution in [3.05, 3.63) is 22.9 Å². The van der Waals surface area contributed by atoms with Crippen LogP contribution in [-0.2, 0) is 4.74 Å². The van der Waals surface area contributed by atoms with Gasteiger partial charge in [0.1, 0.15) is 11.6 Å². The van der Waals surface area contributed by atoms with Gasteiger partial charge in [0, 0.05) is 0 Å². The van der Waals surface area contributed by atoms with Gasteiger partial charge in [0.2, 0.25) is 5.88 Å². The summed E-state index contributed by atoms with van der Waals surface area (Å²) in [6, 6.07) is 2.54. The highest BCUT2D eigenvalue weighted by atomic mass is 19.3. The van der Waals surface area contributed by atoms with Gasteiger partial charge >= 0.3 is 5.97 Å². The van der Waals surface area contributed by atoms with E-state index in [-0.39, 0.29) is 18.1 Å². The number of hydrogen-bond donors (Lipinski definition) is 0. The van der Waals surface area contributed by atoms with Crippen LogP contribution in [0.15, 0.2) is 6.07 Å². The maximum atomic E-state index is 12.8. The molecular weight excluding hydrogens is 246 g/mol. The summed E-state index contributed by atoms with van der Waals surface area (Å²) in [7, 11) is 1.22. The van der Waals surface area contributed by atoms with E-state index >= 15 is 0 Å². The van der Waals surface area contributed by atoms with Crippen LogP contribution in [0.4, 0.5) is 8.78 Å². The second kappa shape index (κ2) is 5.91. The number of hydrogen-bond acceptors (Lipinski definition) is 5. The van der Waals surface area contributed by atoms with Crippen molar-refractivity contribution in [2.75, 3.05) is 13.7 Å². The van der Waals surface area contributed by atoms with E-state index in [2.05, 4.69) is 9.72 Å². The summed E-state index contributed by atoms with van der Waals surface area (Å²) in [5.41, 5.74) is -1.35. The van der Waals surface area contributed by atoms with Crippen molar-refractivity contribution in [2.45, 2.75) is 13.3 Å². The number of carbonyl (C=O) groups is 1. The Bertz CT molecular complexity index is 498. The Balaban J connectivity index is 3.39. The van der Waals surface area contributed by atoms with E-state index in [4.69, 9.17) is 10.00 Å². The van der Waals surface area contributed by atoms with E-state index in [1.165, 1.54) is 7.11 Å². The van der Waals surface area contributed by atoms with Gasteiger partial charge in [-0.1, -0.05) is 0 Å². The molecule has 0 aliphatic heterocycles. The van der Waals surface area contributed by atoms with Gasteiger partial charge in [-0.25, -0.2) is 18.6 Å². The smallest absolute Gasteiger partial charge is 0.357 e. The number of pyridine rings is 1. The summed E-state index contributed by atoms with van der Waals surface area (Å²) < 4.78 is 34.9. The number of carbonyl (C=O) groups excluding carboxylic acids is 1. The molecule has 0 fully saturated rings. The minimum Gasteiger partial charge on any atom is -0.480 e. The van der Waals surface area contributed by atoms with Crippen LogP contribution in [0.3, 0.4) is 0 Å². The fraction of sp³-hybridized carbons (Fsp3) is 0.364. The molecule has 0 unspecified atom stereocenters. The lowest BCUT2D eigenvalue weighted by Crippen LogP contribution is -2.12. The molecule has 0 amide bonds. The van der Waals surface area contributed by atoms with Crippen LogP contribution in [0.5, 0.6) is 5.88 Å². The molecule has 0 spiro atoms. The van der Waals surface area contributed by atoms with Crippen LogP contribution < -0.4 is 4.74 Å². The van der Waals surface area contributed by atoms with Crippen LogP contribution in [0.1, 0.15) is 35.0 Å². The molecule has 0 saturated carbocycles. The zero-order valence-corrected chi connectivity index (χ0v) is 9.74. The van der Waals surface area contributed by atoms with Crippen molar-refractivity contribution in [1.29, 1.82) is 5.26 Å². The molecule has 7 heteroatoms. The fourth-order valence-electron chi connectivity index (χ4n) is 1.28. The van der Waals surface area contributed by atoms with E-state index in [0.717, 1.165) is 6.07 Å². The second-order valence-corrected chi connectivity index (χ2v) is 3.12. The SMILES string of the molecule is CCOC(=O)c1nc(OC)c(C#N)cc1C(F)F. The lowest BCUT2D eigenvalue weighted by molar-refractivity contribution is 0.0506. The highest BCUT2D eigenvalue weighted by Gasteiger charge is 2.24. The number of halogens is 2. The molecule has 1 aromatic heterocycles. The van der Waals surface area contributed by atoms with Crippen LogP contribution in [0.25, 0.3) is 0 Å². The molecule has 1 rings (SSSR count). The molecule has 0 bridgehead atoms. The maximum Gasteiger partial charge on any atom is 0.357 e. The average Bonchev–Trinajstić information content (AvgIpc) is 2.37. The van der Waals surface area contributed by atoms with E-state index in [0.29, 0.717) is 0 Å². The molecule has 1 heterocycles. The summed E-state index contributed by atoms with van der Waals surface area (Å²) in [4.78, 5) is 15.1. The van der Waals surface area contributed by atoms with Gasteiger partial charge in [-0.3, -0.25) is 0 Å². The number of nitriles is 1. The summed E-state index contributed by atoms with van der Waals surface area (Å²) >= 11 is 0. The Kier molecular flexibility index (Phi) is 4.54. The molecule has 0 aliphatic carbocycles. The summed E-state index contributed by atoms with van der Waals surface area (Å²) in [5.74, 6) is -1.17. The number of ether oxygens (including phenoxy) is 2. The molecule has 0 N–H and O–H groups in total. The Hall–Kier alpha value is -2.23. The maximum absolute atomic E-state index is 12.8. The standard InChI is InChI=1S/C11H10F2N2O3/c1-3-18-11(16)8-7(9(12)13)4-6(5-14)10(15-8)17-2/h4,9H,3H2,1-2H3. The third-order valence-corrected chi connectivity index (χ3v) is 2.03. The third-order valence-electron chi connectivity index (χ3n) is 2.03. The molecule has 5 nitrogen and oxygen atoms in total. The van der Waals surface area contributed by atoms with Gasteiger partial charge in [-0.2, -0.15) is 5.26 Å². The first-order valence-corrected chi connectivity index (χ1v) is 4.99. The minimum atomic E-state index is -2.94. The van der Waals surface area contributed by atoms with Crippen molar-refractivity contribution < 1.29 is 23.0 Å². The van der Waals surface area contributed by atoms with Gasteiger partial charge in [0.05, 0.1) is 19.3 Å². The van der Waals surface area contributed by atoms with Gasteiger partial charge in [0.25, 0.3) is 6.43 Å². The van der Waals surface area contributed by atoms with Crippen molar-refractivity contribution in [1.82, 2.24) is 4.98 Å². The van der Waals surface area contributed by atoms with Gasteiger partial charge < -0.3 is 9.47 Å². The van der Waals surface area contributed by atoms with E-state index in [9.17, 15) is 13.6 Å². The molecule has 0 radical (unpaired) electrons. The van der Waals surface area contributed by atoms with Crippen LogP contribution in [0.2, 0.25) is 0 Å². The molecule has 0 saturated heterocycles. The van der Waals surface area contributed by atoms with Crippen molar-refractivity contribution in [3.63, 3.8) is 0 Å². The summed E-state index contributed by atoms with van der Waals surface area (Å²) in [6.07, 6.45) is -2.94. The third kappa shape index (κ3) is 2.71. The molecular formula is C11H10F2N2O3. The Morgan fingerprint density at radius 3 is 2.72 bits per heavy atom. The molecule has 0 atom stereocenters. The van der Waals surface area contributed by atoms with Crippen LogP contribution >= 0.6 is 0 Å². The van der Waals surface area contributed by atoms with Gasteiger partial charge in [-0.05, 0) is 13.0 Å². The number of esters is 1. The lowest BCUT2D eigenvalue weighted by atomic mass is 10.1.